The minimum absolute atomic E-state index is 0.232. The van der Waals surface area contributed by atoms with Gasteiger partial charge in [0.2, 0.25) is 0 Å². The minimum atomic E-state index is -0.232. The second-order valence-electron chi connectivity index (χ2n) is 4.24. The Morgan fingerprint density at radius 1 is 1.20 bits per heavy atom. The van der Waals surface area contributed by atoms with E-state index < -0.39 is 0 Å². The first-order chi connectivity index (χ1) is 9.75. The van der Waals surface area contributed by atoms with E-state index in [0.29, 0.717) is 21.8 Å². The maximum absolute atomic E-state index is 12.1. The highest BCUT2D eigenvalue weighted by Crippen LogP contribution is 2.20. The zero-order chi connectivity index (χ0) is 13.9. The number of para-hydroxylation sites is 1. The Kier molecular flexibility index (Phi) is 3.39. The summed E-state index contributed by atoms with van der Waals surface area (Å²) >= 11 is 1.42. The highest BCUT2D eigenvalue weighted by molar-refractivity contribution is 7.98. The average molecular weight is 284 g/mol. The molecule has 20 heavy (non-hydrogen) atoms. The van der Waals surface area contributed by atoms with Gasteiger partial charge in [0.05, 0.1) is 10.9 Å². The lowest BCUT2D eigenvalue weighted by Gasteiger charge is -2.08. The standard InChI is InChI=1S/C14H12N4OS/c15-18-13(19)11-5-1-2-6-12(11)17-14(18)20-9-10-4-3-7-16-8-10/h1-8H,9,15H2. The van der Waals surface area contributed by atoms with E-state index in [4.69, 9.17) is 5.84 Å². The van der Waals surface area contributed by atoms with Crippen LogP contribution >= 0.6 is 11.8 Å². The van der Waals surface area contributed by atoms with Gasteiger partial charge in [0.25, 0.3) is 5.56 Å². The third kappa shape index (κ3) is 2.37. The molecule has 0 atom stereocenters. The Balaban J connectivity index is 1.96. The van der Waals surface area contributed by atoms with Crippen LogP contribution in [0.1, 0.15) is 5.56 Å². The monoisotopic (exact) mass is 284 g/mol. The van der Waals surface area contributed by atoms with Gasteiger partial charge < -0.3 is 5.84 Å². The van der Waals surface area contributed by atoms with Crippen LogP contribution in [0.4, 0.5) is 0 Å². The third-order valence-electron chi connectivity index (χ3n) is 2.87. The number of thioether (sulfide) groups is 1. The fraction of sp³-hybridized carbons (Fsp3) is 0.0714. The van der Waals surface area contributed by atoms with Gasteiger partial charge in [-0.2, -0.15) is 0 Å². The van der Waals surface area contributed by atoms with Crippen LogP contribution in [0.15, 0.2) is 58.7 Å². The maximum atomic E-state index is 12.1. The van der Waals surface area contributed by atoms with Crippen molar-refractivity contribution in [3.8, 4) is 0 Å². The van der Waals surface area contributed by atoms with Crippen molar-refractivity contribution in [2.24, 2.45) is 0 Å². The number of nitrogens with two attached hydrogens (primary N) is 1. The van der Waals surface area contributed by atoms with E-state index in [9.17, 15) is 4.79 Å². The van der Waals surface area contributed by atoms with Crippen LogP contribution in [0.25, 0.3) is 10.9 Å². The zero-order valence-electron chi connectivity index (χ0n) is 10.6. The molecule has 0 fully saturated rings. The van der Waals surface area contributed by atoms with Crippen molar-refractivity contribution in [2.45, 2.75) is 10.9 Å². The van der Waals surface area contributed by atoms with Gasteiger partial charge in [-0.05, 0) is 23.8 Å². The summed E-state index contributed by atoms with van der Waals surface area (Å²) in [6.07, 6.45) is 3.51. The number of hydrogen-bond acceptors (Lipinski definition) is 5. The summed E-state index contributed by atoms with van der Waals surface area (Å²) in [7, 11) is 0. The third-order valence-corrected chi connectivity index (χ3v) is 3.89. The molecule has 0 aliphatic heterocycles. The van der Waals surface area contributed by atoms with Crippen molar-refractivity contribution in [3.05, 3.63) is 64.7 Å². The van der Waals surface area contributed by atoms with E-state index in [-0.39, 0.29) is 5.56 Å². The summed E-state index contributed by atoms with van der Waals surface area (Å²) in [6.45, 7) is 0. The van der Waals surface area contributed by atoms with Gasteiger partial charge in [-0.1, -0.05) is 30.0 Å². The summed E-state index contributed by atoms with van der Waals surface area (Å²) in [5.41, 5.74) is 1.48. The maximum Gasteiger partial charge on any atom is 0.280 e. The van der Waals surface area contributed by atoms with Crippen molar-refractivity contribution >= 4 is 22.7 Å². The quantitative estimate of drug-likeness (QED) is 0.451. The molecule has 2 N–H and O–H groups in total. The lowest BCUT2D eigenvalue weighted by atomic mass is 10.2. The van der Waals surface area contributed by atoms with E-state index in [2.05, 4.69) is 9.97 Å². The van der Waals surface area contributed by atoms with Crippen LogP contribution in [-0.4, -0.2) is 14.6 Å². The number of benzene rings is 1. The van der Waals surface area contributed by atoms with Crippen molar-refractivity contribution < 1.29 is 0 Å². The first-order valence-electron chi connectivity index (χ1n) is 6.04. The van der Waals surface area contributed by atoms with Crippen molar-refractivity contribution in [2.75, 3.05) is 5.84 Å². The van der Waals surface area contributed by atoms with Crippen molar-refractivity contribution in [3.63, 3.8) is 0 Å². The number of pyridine rings is 1. The molecule has 0 saturated carbocycles. The molecule has 3 rings (SSSR count). The smallest absolute Gasteiger partial charge is 0.280 e. The molecule has 2 aromatic heterocycles. The second kappa shape index (κ2) is 5.34. The summed E-state index contributed by atoms with van der Waals surface area (Å²) in [6, 6.07) is 11.0. The molecule has 0 unspecified atom stereocenters. The topological polar surface area (TPSA) is 73.8 Å². The van der Waals surface area contributed by atoms with Crippen LogP contribution in [-0.2, 0) is 5.75 Å². The summed E-state index contributed by atoms with van der Waals surface area (Å²) in [5.74, 6) is 6.48. The molecule has 1 aromatic carbocycles. The molecule has 0 aliphatic rings. The SMILES string of the molecule is Nn1c(SCc2cccnc2)nc2ccccc2c1=O. The van der Waals surface area contributed by atoms with Crippen molar-refractivity contribution in [1.29, 1.82) is 0 Å². The van der Waals surface area contributed by atoms with Crippen LogP contribution in [0.3, 0.4) is 0 Å². The first kappa shape index (κ1) is 12.7. The van der Waals surface area contributed by atoms with E-state index in [0.717, 1.165) is 10.2 Å². The fourth-order valence-electron chi connectivity index (χ4n) is 1.86. The van der Waals surface area contributed by atoms with Crippen molar-refractivity contribution in [1.82, 2.24) is 14.6 Å². The number of nitrogen functional groups attached to an aromatic ring is 1. The molecule has 100 valence electrons. The highest BCUT2D eigenvalue weighted by atomic mass is 32.2. The number of fused-ring (bicyclic) bond motifs is 1. The molecule has 2 heterocycles. The molecule has 6 heteroatoms. The molecule has 3 aromatic rings. The molecule has 0 aliphatic carbocycles. The lowest BCUT2D eigenvalue weighted by Crippen LogP contribution is -2.29. The van der Waals surface area contributed by atoms with Crippen LogP contribution in [0, 0.1) is 0 Å². The van der Waals surface area contributed by atoms with Gasteiger partial charge in [0.15, 0.2) is 5.16 Å². The molecular weight excluding hydrogens is 272 g/mol. The Morgan fingerprint density at radius 2 is 2.05 bits per heavy atom. The highest BCUT2D eigenvalue weighted by Gasteiger charge is 2.09. The lowest BCUT2D eigenvalue weighted by molar-refractivity contribution is 0.779. The minimum Gasteiger partial charge on any atom is -0.334 e. The normalized spacial score (nSPS) is 10.8. The van der Waals surface area contributed by atoms with E-state index in [1.165, 1.54) is 11.8 Å². The molecule has 0 saturated heterocycles. The summed E-state index contributed by atoms with van der Waals surface area (Å²) < 4.78 is 1.10. The molecule has 5 nitrogen and oxygen atoms in total. The van der Waals surface area contributed by atoms with Gasteiger partial charge in [-0.15, -0.1) is 0 Å². The van der Waals surface area contributed by atoms with E-state index >= 15 is 0 Å². The predicted molar refractivity (Wildman–Crippen MR) is 80.0 cm³/mol. The molecule has 0 spiro atoms. The van der Waals surface area contributed by atoms with Crippen LogP contribution < -0.4 is 11.4 Å². The van der Waals surface area contributed by atoms with Gasteiger partial charge in [-0.25, -0.2) is 9.66 Å². The van der Waals surface area contributed by atoms with Gasteiger partial charge in [0, 0.05) is 18.1 Å². The Labute approximate surface area is 119 Å². The number of aromatic nitrogens is 3. The van der Waals surface area contributed by atoms with Gasteiger partial charge in [-0.3, -0.25) is 9.78 Å². The average Bonchev–Trinajstić information content (AvgIpc) is 2.50. The second-order valence-corrected chi connectivity index (χ2v) is 5.18. The predicted octanol–water partition coefficient (Wildman–Crippen LogP) is 1.80. The Hall–Kier alpha value is -2.34. The van der Waals surface area contributed by atoms with Gasteiger partial charge in [0.1, 0.15) is 0 Å². The van der Waals surface area contributed by atoms with E-state index in [1.807, 2.05) is 24.3 Å². The summed E-state index contributed by atoms with van der Waals surface area (Å²) in [5, 5.41) is 1.03. The largest absolute Gasteiger partial charge is 0.334 e. The fourth-order valence-corrected chi connectivity index (χ4v) is 2.71. The zero-order valence-corrected chi connectivity index (χ0v) is 11.4. The van der Waals surface area contributed by atoms with Crippen LogP contribution in [0.5, 0.6) is 0 Å². The Morgan fingerprint density at radius 3 is 2.85 bits per heavy atom. The Bertz CT molecular complexity index is 801. The molecule has 0 radical (unpaired) electrons. The number of rotatable bonds is 3. The molecular formula is C14H12N4OS. The van der Waals surface area contributed by atoms with Gasteiger partial charge >= 0.3 is 0 Å². The van der Waals surface area contributed by atoms with E-state index in [1.54, 1.807) is 24.5 Å². The molecule has 0 bridgehead atoms. The first-order valence-corrected chi connectivity index (χ1v) is 7.03. The van der Waals surface area contributed by atoms with Crippen LogP contribution in [0.2, 0.25) is 0 Å². The number of nitrogens with zero attached hydrogens (tertiary/aromatic N) is 3. The molecule has 0 amide bonds. The summed E-state index contributed by atoms with van der Waals surface area (Å²) in [4.78, 5) is 20.6. The number of hydrogen-bond donors (Lipinski definition) is 1.